The Balaban J connectivity index is 1.67. The molecule has 0 saturated carbocycles. The van der Waals surface area contributed by atoms with Crippen LogP contribution in [0.1, 0.15) is 27.3 Å². The van der Waals surface area contributed by atoms with E-state index in [9.17, 15) is 4.79 Å². The van der Waals surface area contributed by atoms with Gasteiger partial charge in [0.25, 0.3) is 5.91 Å². The number of benzene rings is 2. The van der Waals surface area contributed by atoms with Crippen molar-refractivity contribution in [3.8, 4) is 11.1 Å². The Morgan fingerprint density at radius 2 is 1.79 bits per heavy atom. The van der Waals surface area contributed by atoms with Crippen molar-refractivity contribution in [2.75, 3.05) is 0 Å². The summed E-state index contributed by atoms with van der Waals surface area (Å²) in [5.41, 5.74) is 5.74. The van der Waals surface area contributed by atoms with Crippen molar-refractivity contribution in [2.45, 2.75) is 20.4 Å². The molecule has 0 fully saturated rings. The number of aromatic nitrogens is 3. The van der Waals surface area contributed by atoms with Crippen LogP contribution in [0.5, 0.6) is 0 Å². The molecule has 1 N–H and O–H groups in total. The summed E-state index contributed by atoms with van der Waals surface area (Å²) in [7, 11) is 0. The summed E-state index contributed by atoms with van der Waals surface area (Å²) in [6, 6.07) is 17.5. The van der Waals surface area contributed by atoms with Gasteiger partial charge in [-0.15, -0.1) is 0 Å². The van der Waals surface area contributed by atoms with Gasteiger partial charge in [-0.3, -0.25) is 4.79 Å². The fourth-order valence-corrected chi connectivity index (χ4v) is 3.48. The second kappa shape index (κ2) is 7.44. The van der Waals surface area contributed by atoms with Crippen molar-refractivity contribution < 1.29 is 4.79 Å². The molecule has 0 aliphatic rings. The third-order valence-corrected chi connectivity index (χ3v) is 5.13. The highest BCUT2D eigenvalue weighted by atomic mass is 35.5. The minimum atomic E-state index is -0.207. The maximum atomic E-state index is 12.7. The second-order valence-corrected chi connectivity index (χ2v) is 7.00. The van der Waals surface area contributed by atoms with Crippen LogP contribution in [-0.4, -0.2) is 20.5 Å². The first kappa shape index (κ1) is 18.2. The second-order valence-electron chi connectivity index (χ2n) is 6.59. The molecular formula is C22H19ClN4O. The van der Waals surface area contributed by atoms with E-state index in [-0.39, 0.29) is 5.91 Å². The molecule has 0 aliphatic carbocycles. The number of fused-ring (bicyclic) bond motifs is 1. The molecule has 2 aromatic carbocycles. The van der Waals surface area contributed by atoms with E-state index >= 15 is 0 Å². The number of carbonyl (C=O) groups is 1. The van der Waals surface area contributed by atoms with Crippen LogP contribution in [0.4, 0.5) is 0 Å². The minimum Gasteiger partial charge on any atom is -0.348 e. The number of amides is 1. The third-order valence-electron chi connectivity index (χ3n) is 4.76. The molecule has 0 aliphatic heterocycles. The van der Waals surface area contributed by atoms with Gasteiger partial charge in [-0.2, -0.15) is 5.10 Å². The molecule has 1 amide bonds. The van der Waals surface area contributed by atoms with E-state index in [1.54, 1.807) is 16.8 Å². The van der Waals surface area contributed by atoms with Crippen LogP contribution in [-0.2, 0) is 6.54 Å². The number of nitrogens with one attached hydrogen (secondary N) is 1. The van der Waals surface area contributed by atoms with Gasteiger partial charge >= 0.3 is 0 Å². The van der Waals surface area contributed by atoms with E-state index in [0.717, 1.165) is 33.7 Å². The van der Waals surface area contributed by atoms with E-state index in [2.05, 4.69) is 15.4 Å². The number of hydrogen-bond donors (Lipinski definition) is 1. The normalized spacial score (nSPS) is 11.0. The van der Waals surface area contributed by atoms with Crippen LogP contribution in [0, 0.1) is 13.8 Å². The van der Waals surface area contributed by atoms with E-state index in [1.165, 1.54) is 0 Å². The summed E-state index contributed by atoms with van der Waals surface area (Å²) < 4.78 is 1.74. The zero-order chi connectivity index (χ0) is 19.7. The van der Waals surface area contributed by atoms with Gasteiger partial charge in [-0.25, -0.2) is 9.50 Å². The number of aryl methyl sites for hydroxylation is 2. The van der Waals surface area contributed by atoms with Crippen LogP contribution < -0.4 is 5.32 Å². The van der Waals surface area contributed by atoms with Gasteiger partial charge in [0.15, 0.2) is 5.65 Å². The van der Waals surface area contributed by atoms with Crippen molar-refractivity contribution in [2.24, 2.45) is 0 Å². The predicted octanol–water partition coefficient (Wildman–Crippen LogP) is 4.60. The molecule has 2 aromatic heterocycles. The van der Waals surface area contributed by atoms with Crippen molar-refractivity contribution in [1.82, 2.24) is 19.9 Å². The minimum absolute atomic E-state index is 0.207. The van der Waals surface area contributed by atoms with E-state index in [0.29, 0.717) is 17.1 Å². The molecule has 140 valence electrons. The predicted molar refractivity (Wildman–Crippen MR) is 111 cm³/mol. The van der Waals surface area contributed by atoms with Crippen molar-refractivity contribution in [3.63, 3.8) is 0 Å². The third kappa shape index (κ3) is 3.25. The SMILES string of the molecule is Cc1nn2c(C)c(C(=O)NCc3ccccc3Cl)cnc2c1-c1ccccc1. The van der Waals surface area contributed by atoms with E-state index in [4.69, 9.17) is 11.6 Å². The molecule has 0 bridgehead atoms. The molecule has 0 radical (unpaired) electrons. The lowest BCUT2D eigenvalue weighted by atomic mass is 10.1. The lowest BCUT2D eigenvalue weighted by Crippen LogP contribution is -2.25. The Bertz CT molecular complexity index is 1170. The van der Waals surface area contributed by atoms with Gasteiger partial charge in [0, 0.05) is 23.3 Å². The lowest BCUT2D eigenvalue weighted by Gasteiger charge is -2.10. The molecule has 5 nitrogen and oxygen atoms in total. The topological polar surface area (TPSA) is 59.3 Å². The summed E-state index contributed by atoms with van der Waals surface area (Å²) in [5.74, 6) is -0.207. The number of rotatable bonds is 4. The highest BCUT2D eigenvalue weighted by Crippen LogP contribution is 2.28. The molecule has 4 rings (SSSR count). The van der Waals surface area contributed by atoms with Gasteiger partial charge < -0.3 is 5.32 Å². The maximum Gasteiger partial charge on any atom is 0.254 e. The fraction of sp³-hybridized carbons (Fsp3) is 0.136. The van der Waals surface area contributed by atoms with Crippen molar-refractivity contribution in [1.29, 1.82) is 0 Å². The first-order valence-electron chi connectivity index (χ1n) is 8.98. The Hall–Kier alpha value is -3.18. The molecule has 6 heteroatoms. The Morgan fingerprint density at radius 1 is 1.07 bits per heavy atom. The quantitative estimate of drug-likeness (QED) is 0.554. The molecule has 0 spiro atoms. The van der Waals surface area contributed by atoms with Crippen molar-refractivity contribution >= 4 is 23.2 Å². The maximum absolute atomic E-state index is 12.7. The number of halogens is 1. The average molecular weight is 391 g/mol. The van der Waals surface area contributed by atoms with E-state index in [1.807, 2.05) is 62.4 Å². The first-order valence-corrected chi connectivity index (χ1v) is 9.36. The van der Waals surface area contributed by atoms with E-state index < -0.39 is 0 Å². The lowest BCUT2D eigenvalue weighted by molar-refractivity contribution is 0.0949. The zero-order valence-electron chi connectivity index (χ0n) is 15.6. The summed E-state index contributed by atoms with van der Waals surface area (Å²) in [6.07, 6.45) is 1.61. The molecule has 0 atom stereocenters. The monoisotopic (exact) mass is 390 g/mol. The Labute approximate surface area is 168 Å². The molecule has 0 saturated heterocycles. The zero-order valence-corrected chi connectivity index (χ0v) is 16.4. The molecule has 2 heterocycles. The van der Waals surface area contributed by atoms with Gasteiger partial charge in [0.2, 0.25) is 0 Å². The number of carbonyl (C=O) groups excluding carboxylic acids is 1. The van der Waals surface area contributed by atoms with Gasteiger partial charge in [0.05, 0.1) is 17.0 Å². The molecule has 0 unspecified atom stereocenters. The number of hydrogen-bond acceptors (Lipinski definition) is 3. The smallest absolute Gasteiger partial charge is 0.254 e. The van der Waals surface area contributed by atoms with Gasteiger partial charge in [-0.1, -0.05) is 60.1 Å². The first-order chi connectivity index (χ1) is 13.6. The standard InChI is InChI=1S/C22H19ClN4O/c1-14-20(16-8-4-3-5-9-16)21-24-13-18(15(2)27(21)26-14)22(28)25-12-17-10-6-7-11-19(17)23/h3-11,13H,12H2,1-2H3,(H,25,28). The van der Waals surface area contributed by atoms with Crippen molar-refractivity contribution in [3.05, 3.63) is 88.3 Å². The highest BCUT2D eigenvalue weighted by molar-refractivity contribution is 6.31. The number of nitrogens with zero attached hydrogens (tertiary/aromatic N) is 3. The van der Waals surface area contributed by atoms with Crippen LogP contribution in [0.3, 0.4) is 0 Å². The largest absolute Gasteiger partial charge is 0.348 e. The van der Waals surface area contributed by atoms with Crippen LogP contribution in [0.2, 0.25) is 5.02 Å². The van der Waals surface area contributed by atoms with Gasteiger partial charge in [-0.05, 0) is 31.0 Å². The van der Waals surface area contributed by atoms with Crippen LogP contribution in [0.15, 0.2) is 60.8 Å². The summed E-state index contributed by atoms with van der Waals surface area (Å²) >= 11 is 6.16. The van der Waals surface area contributed by atoms with Crippen LogP contribution in [0.25, 0.3) is 16.8 Å². The van der Waals surface area contributed by atoms with Gasteiger partial charge in [0.1, 0.15) is 0 Å². The average Bonchev–Trinajstić information content (AvgIpc) is 3.05. The Morgan fingerprint density at radius 3 is 2.54 bits per heavy atom. The highest BCUT2D eigenvalue weighted by Gasteiger charge is 2.18. The van der Waals surface area contributed by atoms with Crippen LogP contribution >= 0.6 is 11.6 Å². The summed E-state index contributed by atoms with van der Waals surface area (Å²) in [5, 5.41) is 8.16. The Kier molecular flexibility index (Phi) is 4.84. The molecular weight excluding hydrogens is 372 g/mol. The summed E-state index contributed by atoms with van der Waals surface area (Å²) in [4.78, 5) is 17.3. The summed E-state index contributed by atoms with van der Waals surface area (Å²) in [6.45, 7) is 4.18. The molecule has 28 heavy (non-hydrogen) atoms. The fourth-order valence-electron chi connectivity index (χ4n) is 3.28. The molecule has 4 aromatic rings.